The number of anilines is 1. The van der Waals surface area contributed by atoms with E-state index in [1.165, 1.54) is 0 Å². The summed E-state index contributed by atoms with van der Waals surface area (Å²) >= 11 is 12.7. The molecule has 23 heavy (non-hydrogen) atoms. The number of ether oxygens (including phenoxy) is 1. The molecule has 0 spiro atoms. The molecule has 120 valence electrons. The van der Waals surface area contributed by atoms with Gasteiger partial charge in [-0.2, -0.15) is 0 Å². The summed E-state index contributed by atoms with van der Waals surface area (Å²) in [4.78, 5) is 12.9. The van der Waals surface area contributed by atoms with E-state index in [0.29, 0.717) is 24.5 Å². The fraction of sp³-hybridized carbons (Fsp3) is 0.278. The number of benzene rings is 2. The number of hydrogen-bond acceptors (Lipinski definition) is 2. The molecule has 0 heterocycles. The van der Waals surface area contributed by atoms with Gasteiger partial charge in [-0.1, -0.05) is 42.5 Å². The molecule has 0 bridgehead atoms. The molecule has 1 atom stereocenters. The molecule has 2 aromatic rings. The van der Waals surface area contributed by atoms with Gasteiger partial charge in [-0.15, -0.1) is 23.2 Å². The Hall–Kier alpha value is -1.71. The topological polar surface area (TPSA) is 38.3 Å². The highest BCUT2D eigenvalue weighted by atomic mass is 35.5. The van der Waals surface area contributed by atoms with Gasteiger partial charge in [-0.05, 0) is 24.6 Å². The average Bonchev–Trinajstić information content (AvgIpc) is 3.14. The van der Waals surface area contributed by atoms with Crippen molar-refractivity contribution in [2.75, 3.05) is 11.9 Å². The Morgan fingerprint density at radius 1 is 1.13 bits per heavy atom. The van der Waals surface area contributed by atoms with E-state index in [-0.39, 0.29) is 5.91 Å². The summed E-state index contributed by atoms with van der Waals surface area (Å²) in [5, 5.41) is 2.92. The number of halogens is 2. The van der Waals surface area contributed by atoms with Gasteiger partial charge >= 0.3 is 0 Å². The Morgan fingerprint density at radius 3 is 2.35 bits per heavy atom. The molecule has 2 aromatic carbocycles. The van der Waals surface area contributed by atoms with Crippen molar-refractivity contribution in [2.45, 2.75) is 23.1 Å². The van der Waals surface area contributed by atoms with E-state index < -0.39 is 9.75 Å². The smallest absolute Gasteiger partial charge is 0.238 e. The number of para-hydroxylation sites is 2. The molecule has 1 saturated carbocycles. The van der Waals surface area contributed by atoms with Gasteiger partial charge < -0.3 is 10.1 Å². The molecule has 1 fully saturated rings. The summed E-state index contributed by atoms with van der Waals surface area (Å²) in [7, 11) is 0. The fourth-order valence-electron chi connectivity index (χ4n) is 2.78. The second-order valence-electron chi connectivity index (χ2n) is 5.54. The Balaban J connectivity index is 1.91. The van der Waals surface area contributed by atoms with Gasteiger partial charge in [0.2, 0.25) is 5.91 Å². The fourth-order valence-corrected chi connectivity index (χ4v) is 3.57. The maximum atomic E-state index is 12.9. The summed E-state index contributed by atoms with van der Waals surface area (Å²) in [6.45, 7) is 2.42. The zero-order valence-electron chi connectivity index (χ0n) is 12.7. The third-order valence-corrected chi connectivity index (χ3v) is 4.99. The van der Waals surface area contributed by atoms with Crippen LogP contribution in [0.3, 0.4) is 0 Å². The molecule has 1 aliphatic rings. The van der Waals surface area contributed by atoms with Gasteiger partial charge in [-0.3, -0.25) is 4.79 Å². The Morgan fingerprint density at radius 2 is 1.74 bits per heavy atom. The molecule has 0 unspecified atom stereocenters. The minimum Gasteiger partial charge on any atom is -0.492 e. The van der Waals surface area contributed by atoms with Crippen molar-refractivity contribution in [1.82, 2.24) is 0 Å². The van der Waals surface area contributed by atoms with Crippen LogP contribution in [-0.2, 0) is 10.2 Å². The Bertz CT molecular complexity index is 718. The predicted molar refractivity (Wildman–Crippen MR) is 93.4 cm³/mol. The van der Waals surface area contributed by atoms with Crippen LogP contribution >= 0.6 is 23.2 Å². The first-order valence-corrected chi connectivity index (χ1v) is 8.23. The van der Waals surface area contributed by atoms with Crippen molar-refractivity contribution < 1.29 is 9.53 Å². The van der Waals surface area contributed by atoms with Crippen molar-refractivity contribution in [3.8, 4) is 5.75 Å². The summed E-state index contributed by atoms with van der Waals surface area (Å²) in [5.74, 6) is 0.405. The Kier molecular flexibility index (Phi) is 4.26. The second-order valence-corrected chi connectivity index (χ2v) is 7.02. The van der Waals surface area contributed by atoms with E-state index >= 15 is 0 Å². The molecule has 1 aliphatic carbocycles. The Labute approximate surface area is 145 Å². The highest BCUT2D eigenvalue weighted by Gasteiger charge is 2.72. The van der Waals surface area contributed by atoms with Crippen molar-refractivity contribution in [2.24, 2.45) is 0 Å². The standard InChI is InChI=1S/C18H17Cl2NO2/c1-2-23-15-11-7-6-10-14(15)21-16(22)17(12-18(17,19)20)13-8-4-3-5-9-13/h3-11H,2,12H2,1H3,(H,21,22)/t17-/m0/s1. The maximum Gasteiger partial charge on any atom is 0.238 e. The molecule has 0 radical (unpaired) electrons. The molecule has 3 nitrogen and oxygen atoms in total. The molecular weight excluding hydrogens is 333 g/mol. The lowest BCUT2D eigenvalue weighted by atomic mass is 9.94. The lowest BCUT2D eigenvalue weighted by Crippen LogP contribution is -2.32. The van der Waals surface area contributed by atoms with Crippen LogP contribution in [0.4, 0.5) is 5.69 Å². The van der Waals surface area contributed by atoms with Crippen LogP contribution in [0.15, 0.2) is 54.6 Å². The van der Waals surface area contributed by atoms with Crippen LogP contribution in [-0.4, -0.2) is 16.8 Å². The molecular formula is C18H17Cl2NO2. The third kappa shape index (κ3) is 2.79. The molecule has 1 N–H and O–H groups in total. The lowest BCUT2D eigenvalue weighted by molar-refractivity contribution is -0.118. The number of amides is 1. The minimum absolute atomic E-state index is 0.221. The van der Waals surface area contributed by atoms with Gasteiger partial charge in [0.25, 0.3) is 0 Å². The summed E-state index contributed by atoms with van der Waals surface area (Å²) in [6.07, 6.45) is 0.385. The van der Waals surface area contributed by atoms with Crippen LogP contribution < -0.4 is 10.1 Å². The number of hydrogen-bond donors (Lipinski definition) is 1. The predicted octanol–water partition coefficient (Wildman–Crippen LogP) is 4.54. The van der Waals surface area contributed by atoms with Crippen LogP contribution in [0.2, 0.25) is 0 Å². The summed E-state index contributed by atoms with van der Waals surface area (Å²) in [6, 6.07) is 16.7. The average molecular weight is 350 g/mol. The number of rotatable bonds is 5. The van der Waals surface area contributed by atoms with E-state index in [9.17, 15) is 4.79 Å². The van der Waals surface area contributed by atoms with Gasteiger partial charge in [0, 0.05) is 6.42 Å². The van der Waals surface area contributed by atoms with Gasteiger partial charge in [0.15, 0.2) is 0 Å². The van der Waals surface area contributed by atoms with E-state index in [2.05, 4.69) is 5.32 Å². The molecule has 1 amide bonds. The van der Waals surface area contributed by atoms with Crippen molar-refractivity contribution in [1.29, 1.82) is 0 Å². The summed E-state index contributed by atoms with van der Waals surface area (Å²) in [5.41, 5.74) is 0.499. The van der Waals surface area contributed by atoms with E-state index in [1.54, 1.807) is 6.07 Å². The van der Waals surface area contributed by atoms with Crippen molar-refractivity contribution >= 4 is 34.8 Å². The first-order valence-electron chi connectivity index (χ1n) is 7.48. The van der Waals surface area contributed by atoms with Crippen LogP contribution in [0.1, 0.15) is 18.9 Å². The maximum absolute atomic E-state index is 12.9. The largest absolute Gasteiger partial charge is 0.492 e. The third-order valence-electron chi connectivity index (χ3n) is 4.08. The van der Waals surface area contributed by atoms with Gasteiger partial charge in [0.05, 0.1) is 12.3 Å². The zero-order valence-corrected chi connectivity index (χ0v) is 14.2. The highest BCUT2D eigenvalue weighted by molar-refractivity contribution is 6.54. The van der Waals surface area contributed by atoms with E-state index in [1.807, 2.05) is 55.5 Å². The van der Waals surface area contributed by atoms with E-state index in [0.717, 1.165) is 5.56 Å². The SMILES string of the molecule is CCOc1ccccc1NC(=O)[C@@]1(c2ccccc2)CC1(Cl)Cl. The molecule has 0 aromatic heterocycles. The number of carbonyl (C=O) groups is 1. The minimum atomic E-state index is -1.10. The van der Waals surface area contributed by atoms with Crippen LogP contribution in [0.5, 0.6) is 5.75 Å². The second kappa shape index (κ2) is 6.06. The zero-order chi connectivity index (χ0) is 16.5. The van der Waals surface area contributed by atoms with Crippen LogP contribution in [0.25, 0.3) is 0 Å². The number of nitrogens with one attached hydrogen (secondary N) is 1. The molecule has 3 rings (SSSR count). The molecule has 5 heteroatoms. The van der Waals surface area contributed by atoms with Gasteiger partial charge in [-0.25, -0.2) is 0 Å². The molecule has 0 saturated heterocycles. The summed E-state index contributed by atoms with van der Waals surface area (Å²) < 4.78 is 4.45. The quantitative estimate of drug-likeness (QED) is 0.804. The first-order chi connectivity index (χ1) is 11.0. The van der Waals surface area contributed by atoms with Gasteiger partial charge in [0.1, 0.15) is 15.5 Å². The highest BCUT2D eigenvalue weighted by Crippen LogP contribution is 2.65. The normalized spacial score (nSPS) is 21.5. The first kappa shape index (κ1) is 16.2. The molecule has 0 aliphatic heterocycles. The number of alkyl halides is 2. The van der Waals surface area contributed by atoms with Crippen molar-refractivity contribution in [3.05, 3.63) is 60.2 Å². The van der Waals surface area contributed by atoms with Crippen LogP contribution in [0, 0.1) is 0 Å². The number of carbonyl (C=O) groups excluding carboxylic acids is 1. The lowest BCUT2D eigenvalue weighted by Gasteiger charge is -2.19. The monoisotopic (exact) mass is 349 g/mol. The van der Waals surface area contributed by atoms with Crippen molar-refractivity contribution in [3.63, 3.8) is 0 Å². The van der Waals surface area contributed by atoms with E-state index in [4.69, 9.17) is 27.9 Å².